The van der Waals surface area contributed by atoms with Gasteiger partial charge in [-0.05, 0) is 12.1 Å². The molecule has 2 heterocycles. The molecule has 2 aromatic rings. The third-order valence-electron chi connectivity index (χ3n) is 2.45. The molecule has 0 spiro atoms. The molecule has 0 saturated heterocycles. The summed E-state index contributed by atoms with van der Waals surface area (Å²) in [6.45, 7) is 0.515. The van der Waals surface area contributed by atoms with Crippen LogP contribution in [0.3, 0.4) is 0 Å². The lowest BCUT2D eigenvalue weighted by molar-refractivity contribution is 0.0954. The van der Waals surface area contributed by atoms with Crippen LogP contribution >= 0.6 is 11.6 Å². The number of amides is 1. The van der Waals surface area contributed by atoms with Gasteiger partial charge in [0.05, 0.1) is 16.3 Å². The van der Waals surface area contributed by atoms with Crippen LogP contribution in [0.2, 0.25) is 5.02 Å². The largest absolute Gasteiger partial charge is 0.352 e. The van der Waals surface area contributed by atoms with Crippen molar-refractivity contribution in [2.75, 3.05) is 6.54 Å². The first kappa shape index (κ1) is 12.6. The molecule has 1 amide bonds. The summed E-state index contributed by atoms with van der Waals surface area (Å²) < 4.78 is 1.73. The van der Waals surface area contributed by atoms with E-state index in [2.05, 4.69) is 15.4 Å². The number of carbonyl (C=O) groups is 1. The van der Waals surface area contributed by atoms with Crippen LogP contribution in [0.25, 0.3) is 0 Å². The molecule has 1 N–H and O–H groups in total. The van der Waals surface area contributed by atoms with E-state index in [4.69, 9.17) is 11.6 Å². The van der Waals surface area contributed by atoms with Crippen molar-refractivity contribution in [3.8, 4) is 0 Å². The SMILES string of the molecule is Cn1ccc(CCNC(=O)c2cnccc2Cl)n1. The zero-order valence-corrected chi connectivity index (χ0v) is 10.7. The zero-order valence-electron chi connectivity index (χ0n) is 9.93. The Balaban J connectivity index is 1.87. The number of nitrogens with zero attached hydrogens (tertiary/aromatic N) is 3. The maximum atomic E-state index is 11.8. The molecular weight excluding hydrogens is 252 g/mol. The second-order valence-corrected chi connectivity index (χ2v) is 4.25. The van der Waals surface area contributed by atoms with Crippen molar-refractivity contribution in [1.82, 2.24) is 20.1 Å². The molecule has 5 nitrogen and oxygen atoms in total. The highest BCUT2D eigenvalue weighted by Crippen LogP contribution is 2.12. The molecule has 18 heavy (non-hydrogen) atoms. The topological polar surface area (TPSA) is 59.8 Å². The molecule has 0 aliphatic heterocycles. The normalized spacial score (nSPS) is 10.3. The van der Waals surface area contributed by atoms with Gasteiger partial charge in [0, 0.05) is 38.6 Å². The molecule has 0 aliphatic rings. The van der Waals surface area contributed by atoms with E-state index in [9.17, 15) is 4.79 Å². The van der Waals surface area contributed by atoms with Gasteiger partial charge in [-0.15, -0.1) is 0 Å². The van der Waals surface area contributed by atoms with Crippen LogP contribution in [-0.4, -0.2) is 27.2 Å². The van der Waals surface area contributed by atoms with E-state index in [1.807, 2.05) is 19.3 Å². The number of rotatable bonds is 4. The monoisotopic (exact) mass is 264 g/mol. The summed E-state index contributed by atoms with van der Waals surface area (Å²) >= 11 is 5.90. The molecule has 0 aromatic carbocycles. The van der Waals surface area contributed by atoms with Gasteiger partial charge in [0.1, 0.15) is 0 Å². The number of halogens is 1. The van der Waals surface area contributed by atoms with Crippen LogP contribution in [0.4, 0.5) is 0 Å². The predicted molar refractivity (Wildman–Crippen MR) is 68.5 cm³/mol. The van der Waals surface area contributed by atoms with Crippen molar-refractivity contribution in [2.45, 2.75) is 6.42 Å². The maximum absolute atomic E-state index is 11.8. The Hall–Kier alpha value is -1.88. The van der Waals surface area contributed by atoms with Crippen molar-refractivity contribution in [1.29, 1.82) is 0 Å². The Bertz CT molecular complexity index is 553. The average Bonchev–Trinajstić information content (AvgIpc) is 2.75. The summed E-state index contributed by atoms with van der Waals surface area (Å²) in [4.78, 5) is 15.7. The first-order chi connectivity index (χ1) is 8.66. The third-order valence-corrected chi connectivity index (χ3v) is 2.78. The van der Waals surface area contributed by atoms with E-state index in [1.54, 1.807) is 16.9 Å². The minimum Gasteiger partial charge on any atom is -0.352 e. The van der Waals surface area contributed by atoms with Crippen LogP contribution in [0, 0.1) is 0 Å². The van der Waals surface area contributed by atoms with Crippen molar-refractivity contribution in [2.24, 2.45) is 7.05 Å². The van der Waals surface area contributed by atoms with E-state index < -0.39 is 0 Å². The zero-order chi connectivity index (χ0) is 13.0. The van der Waals surface area contributed by atoms with Gasteiger partial charge in [-0.1, -0.05) is 11.6 Å². The van der Waals surface area contributed by atoms with Gasteiger partial charge < -0.3 is 5.32 Å². The second kappa shape index (κ2) is 5.64. The van der Waals surface area contributed by atoms with E-state index in [0.717, 1.165) is 5.69 Å². The number of aromatic nitrogens is 3. The fourth-order valence-electron chi connectivity index (χ4n) is 1.54. The van der Waals surface area contributed by atoms with Crippen LogP contribution in [0.15, 0.2) is 30.7 Å². The third kappa shape index (κ3) is 3.07. The standard InChI is InChI=1S/C12H13ClN4O/c1-17-7-4-9(16-17)2-6-15-12(18)10-8-14-5-3-11(10)13/h3-5,7-8H,2,6H2,1H3,(H,15,18). The summed E-state index contributed by atoms with van der Waals surface area (Å²) in [5.41, 5.74) is 1.33. The average molecular weight is 265 g/mol. The first-order valence-electron chi connectivity index (χ1n) is 5.53. The van der Waals surface area contributed by atoms with Crippen LogP contribution in [0.5, 0.6) is 0 Å². The van der Waals surface area contributed by atoms with E-state index in [-0.39, 0.29) is 5.91 Å². The molecule has 2 rings (SSSR count). The molecule has 0 bridgehead atoms. The highest BCUT2D eigenvalue weighted by molar-refractivity contribution is 6.33. The Labute approximate surface area is 110 Å². The Kier molecular flexibility index (Phi) is 3.94. The van der Waals surface area contributed by atoms with Crippen molar-refractivity contribution < 1.29 is 4.79 Å². The van der Waals surface area contributed by atoms with E-state index in [1.165, 1.54) is 6.20 Å². The molecule has 2 aromatic heterocycles. The van der Waals surface area contributed by atoms with Crippen LogP contribution < -0.4 is 5.32 Å². The van der Waals surface area contributed by atoms with Crippen LogP contribution in [-0.2, 0) is 13.5 Å². The summed E-state index contributed by atoms with van der Waals surface area (Å²) in [6.07, 6.45) is 5.56. The predicted octanol–water partition coefficient (Wildman–Crippen LogP) is 1.44. The molecule has 0 saturated carbocycles. The molecule has 0 fully saturated rings. The number of carbonyl (C=O) groups excluding carboxylic acids is 1. The van der Waals surface area contributed by atoms with Gasteiger partial charge in [0.2, 0.25) is 0 Å². The Morgan fingerprint density at radius 2 is 2.33 bits per heavy atom. The maximum Gasteiger partial charge on any atom is 0.254 e. The molecular formula is C12H13ClN4O. The molecule has 94 valence electrons. The molecule has 0 atom stereocenters. The number of aryl methyl sites for hydroxylation is 1. The molecule has 0 radical (unpaired) electrons. The lowest BCUT2D eigenvalue weighted by atomic mass is 10.2. The number of hydrogen-bond acceptors (Lipinski definition) is 3. The quantitative estimate of drug-likeness (QED) is 0.909. The summed E-state index contributed by atoms with van der Waals surface area (Å²) in [5, 5.41) is 7.41. The van der Waals surface area contributed by atoms with Gasteiger partial charge in [-0.2, -0.15) is 5.10 Å². The van der Waals surface area contributed by atoms with E-state index >= 15 is 0 Å². The minimum atomic E-state index is -0.218. The lowest BCUT2D eigenvalue weighted by Crippen LogP contribution is -2.26. The molecule has 6 heteroatoms. The van der Waals surface area contributed by atoms with Crippen molar-refractivity contribution in [3.05, 3.63) is 47.0 Å². The fraction of sp³-hybridized carbons (Fsp3) is 0.250. The summed E-state index contributed by atoms with van der Waals surface area (Å²) in [6, 6.07) is 3.51. The highest BCUT2D eigenvalue weighted by atomic mass is 35.5. The fourth-order valence-corrected chi connectivity index (χ4v) is 1.73. The van der Waals surface area contributed by atoms with Gasteiger partial charge in [0.25, 0.3) is 5.91 Å². The summed E-state index contributed by atoms with van der Waals surface area (Å²) in [5.74, 6) is -0.218. The number of hydrogen-bond donors (Lipinski definition) is 1. The number of pyridine rings is 1. The van der Waals surface area contributed by atoms with Gasteiger partial charge in [0.15, 0.2) is 0 Å². The number of nitrogens with one attached hydrogen (secondary N) is 1. The van der Waals surface area contributed by atoms with Crippen LogP contribution in [0.1, 0.15) is 16.1 Å². The van der Waals surface area contributed by atoms with Gasteiger partial charge in [-0.25, -0.2) is 0 Å². The van der Waals surface area contributed by atoms with Gasteiger partial charge in [-0.3, -0.25) is 14.5 Å². The van der Waals surface area contributed by atoms with E-state index in [0.29, 0.717) is 23.6 Å². The molecule has 0 unspecified atom stereocenters. The second-order valence-electron chi connectivity index (χ2n) is 3.84. The molecule has 0 aliphatic carbocycles. The van der Waals surface area contributed by atoms with Crippen molar-refractivity contribution >= 4 is 17.5 Å². The lowest BCUT2D eigenvalue weighted by Gasteiger charge is -2.04. The first-order valence-corrected chi connectivity index (χ1v) is 5.91. The van der Waals surface area contributed by atoms with Crippen molar-refractivity contribution in [3.63, 3.8) is 0 Å². The highest BCUT2D eigenvalue weighted by Gasteiger charge is 2.09. The summed E-state index contributed by atoms with van der Waals surface area (Å²) in [7, 11) is 1.86. The Morgan fingerprint density at radius 1 is 1.50 bits per heavy atom. The van der Waals surface area contributed by atoms with Gasteiger partial charge >= 0.3 is 0 Å². The minimum absolute atomic E-state index is 0.218. The smallest absolute Gasteiger partial charge is 0.254 e. The Morgan fingerprint density at radius 3 is 3.00 bits per heavy atom.